The Bertz CT molecular complexity index is 1210. The molecule has 2 aromatic carbocycles. The SMILES string of the molecule is NC[C@]1(O)CC[C@@H](n2cc(-c3ccc(Oc4ccccc4)cc3)c3c(N)ncnc32)CC1. The molecule has 1 fully saturated rings. The van der Waals surface area contributed by atoms with E-state index in [0.29, 0.717) is 25.2 Å². The molecule has 0 spiro atoms. The molecular weight excluding hydrogens is 402 g/mol. The Kier molecular flexibility index (Phi) is 5.28. The molecule has 5 N–H and O–H groups in total. The predicted molar refractivity (Wildman–Crippen MR) is 125 cm³/mol. The summed E-state index contributed by atoms with van der Waals surface area (Å²) in [5.74, 6) is 2.02. The summed E-state index contributed by atoms with van der Waals surface area (Å²) < 4.78 is 8.11. The van der Waals surface area contributed by atoms with Gasteiger partial charge in [0.2, 0.25) is 0 Å². The minimum absolute atomic E-state index is 0.230. The van der Waals surface area contributed by atoms with Crippen molar-refractivity contribution in [1.29, 1.82) is 0 Å². The number of anilines is 1. The van der Waals surface area contributed by atoms with Crippen molar-refractivity contribution in [3.05, 3.63) is 67.1 Å². The van der Waals surface area contributed by atoms with Crippen LogP contribution >= 0.6 is 0 Å². The Morgan fingerprint density at radius 2 is 1.69 bits per heavy atom. The van der Waals surface area contributed by atoms with Gasteiger partial charge in [0.05, 0.1) is 11.0 Å². The van der Waals surface area contributed by atoms with Crippen molar-refractivity contribution >= 4 is 16.9 Å². The van der Waals surface area contributed by atoms with E-state index in [2.05, 4.69) is 20.7 Å². The van der Waals surface area contributed by atoms with Crippen LogP contribution in [0, 0.1) is 0 Å². The number of hydrogen-bond donors (Lipinski definition) is 3. The van der Waals surface area contributed by atoms with Gasteiger partial charge in [0.15, 0.2) is 0 Å². The van der Waals surface area contributed by atoms with Crippen molar-refractivity contribution in [2.24, 2.45) is 5.73 Å². The van der Waals surface area contributed by atoms with E-state index in [1.165, 1.54) is 6.33 Å². The Balaban J connectivity index is 1.48. The molecule has 0 unspecified atom stereocenters. The second-order valence-corrected chi connectivity index (χ2v) is 8.51. The number of aliphatic hydroxyl groups is 1. The van der Waals surface area contributed by atoms with E-state index >= 15 is 0 Å². The monoisotopic (exact) mass is 429 g/mol. The Labute approximate surface area is 186 Å². The first-order valence-corrected chi connectivity index (χ1v) is 10.9. The van der Waals surface area contributed by atoms with Crippen molar-refractivity contribution in [1.82, 2.24) is 14.5 Å². The maximum Gasteiger partial charge on any atom is 0.146 e. The summed E-state index contributed by atoms with van der Waals surface area (Å²) in [6, 6.07) is 17.9. The molecule has 1 aliphatic rings. The van der Waals surface area contributed by atoms with Crippen LogP contribution in [0.5, 0.6) is 11.5 Å². The molecule has 0 aliphatic heterocycles. The fourth-order valence-electron chi connectivity index (χ4n) is 4.55. The van der Waals surface area contributed by atoms with E-state index in [4.69, 9.17) is 16.2 Å². The number of rotatable bonds is 5. The quantitative estimate of drug-likeness (QED) is 0.437. The Morgan fingerprint density at radius 1 is 1.00 bits per heavy atom. The van der Waals surface area contributed by atoms with E-state index in [-0.39, 0.29) is 6.04 Å². The fraction of sp³-hybridized carbons (Fsp3) is 0.280. The molecule has 2 heterocycles. The zero-order valence-corrected chi connectivity index (χ0v) is 17.8. The molecule has 0 atom stereocenters. The second-order valence-electron chi connectivity index (χ2n) is 8.51. The van der Waals surface area contributed by atoms with Crippen LogP contribution in [0.2, 0.25) is 0 Å². The molecule has 0 amide bonds. The minimum Gasteiger partial charge on any atom is -0.457 e. The Morgan fingerprint density at radius 3 is 2.38 bits per heavy atom. The lowest BCUT2D eigenvalue weighted by Crippen LogP contribution is -2.41. The van der Waals surface area contributed by atoms with E-state index in [0.717, 1.165) is 46.5 Å². The molecule has 1 aliphatic carbocycles. The van der Waals surface area contributed by atoms with Crippen molar-refractivity contribution < 1.29 is 9.84 Å². The van der Waals surface area contributed by atoms with Crippen LogP contribution in [-0.2, 0) is 0 Å². The van der Waals surface area contributed by atoms with Crippen LogP contribution in [0.3, 0.4) is 0 Å². The third-order valence-corrected chi connectivity index (χ3v) is 6.44. The molecular formula is C25H27N5O2. The zero-order valence-electron chi connectivity index (χ0n) is 17.8. The maximum absolute atomic E-state index is 10.5. The van der Waals surface area contributed by atoms with E-state index < -0.39 is 5.60 Å². The van der Waals surface area contributed by atoms with Gasteiger partial charge in [-0.2, -0.15) is 0 Å². The normalized spacial score (nSPS) is 21.0. The summed E-state index contributed by atoms with van der Waals surface area (Å²) in [4.78, 5) is 8.79. The summed E-state index contributed by atoms with van der Waals surface area (Å²) in [5, 5.41) is 11.4. The second kappa shape index (κ2) is 8.26. The topological polar surface area (TPSA) is 112 Å². The van der Waals surface area contributed by atoms with Gasteiger partial charge in [-0.25, -0.2) is 9.97 Å². The third kappa shape index (κ3) is 3.81. The Hall–Kier alpha value is -3.42. The average molecular weight is 430 g/mol. The predicted octanol–water partition coefficient (Wildman–Crippen LogP) is 4.28. The number of para-hydroxylation sites is 1. The molecule has 2 aromatic heterocycles. The highest BCUT2D eigenvalue weighted by molar-refractivity contribution is 6.00. The van der Waals surface area contributed by atoms with Gasteiger partial charge >= 0.3 is 0 Å². The van der Waals surface area contributed by atoms with Crippen molar-refractivity contribution in [2.45, 2.75) is 37.3 Å². The lowest BCUT2D eigenvalue weighted by atomic mass is 9.82. The van der Waals surface area contributed by atoms with Crippen molar-refractivity contribution in [3.63, 3.8) is 0 Å². The molecule has 32 heavy (non-hydrogen) atoms. The largest absolute Gasteiger partial charge is 0.457 e. The molecule has 0 saturated heterocycles. The number of ether oxygens (including phenoxy) is 1. The zero-order chi connectivity index (χ0) is 22.1. The van der Waals surface area contributed by atoms with Crippen molar-refractivity contribution in [3.8, 4) is 22.6 Å². The van der Waals surface area contributed by atoms with Crippen LogP contribution in [0.25, 0.3) is 22.2 Å². The molecule has 5 rings (SSSR count). The fourth-order valence-corrected chi connectivity index (χ4v) is 4.55. The number of aromatic nitrogens is 3. The summed E-state index contributed by atoms with van der Waals surface area (Å²) in [6.45, 7) is 0.296. The number of benzene rings is 2. The molecule has 0 radical (unpaired) electrons. The van der Waals surface area contributed by atoms with Crippen LogP contribution in [0.4, 0.5) is 5.82 Å². The van der Waals surface area contributed by atoms with Crippen LogP contribution < -0.4 is 16.2 Å². The molecule has 164 valence electrons. The van der Waals surface area contributed by atoms with Crippen molar-refractivity contribution in [2.75, 3.05) is 12.3 Å². The van der Waals surface area contributed by atoms with Gasteiger partial charge in [0, 0.05) is 24.3 Å². The highest BCUT2D eigenvalue weighted by atomic mass is 16.5. The molecule has 0 bridgehead atoms. The first-order valence-electron chi connectivity index (χ1n) is 10.9. The smallest absolute Gasteiger partial charge is 0.146 e. The van der Waals surface area contributed by atoms with Gasteiger partial charge in [-0.1, -0.05) is 30.3 Å². The summed E-state index contributed by atoms with van der Waals surface area (Å²) in [7, 11) is 0. The highest BCUT2D eigenvalue weighted by Gasteiger charge is 2.33. The van der Waals surface area contributed by atoms with Gasteiger partial charge in [-0.05, 0) is 55.5 Å². The summed E-state index contributed by atoms with van der Waals surface area (Å²) >= 11 is 0. The highest BCUT2D eigenvalue weighted by Crippen LogP contribution is 2.40. The van der Waals surface area contributed by atoms with E-state index in [9.17, 15) is 5.11 Å². The van der Waals surface area contributed by atoms with Crippen LogP contribution in [-0.4, -0.2) is 31.8 Å². The number of fused-ring (bicyclic) bond motifs is 1. The number of hydrogen-bond acceptors (Lipinski definition) is 6. The number of nitrogens with zero attached hydrogens (tertiary/aromatic N) is 3. The van der Waals surface area contributed by atoms with E-state index in [1.54, 1.807) is 0 Å². The average Bonchev–Trinajstić information content (AvgIpc) is 3.22. The van der Waals surface area contributed by atoms with Crippen LogP contribution in [0.15, 0.2) is 67.1 Å². The minimum atomic E-state index is -0.759. The maximum atomic E-state index is 10.5. The van der Waals surface area contributed by atoms with Gasteiger partial charge in [0.25, 0.3) is 0 Å². The molecule has 4 aromatic rings. The van der Waals surface area contributed by atoms with Gasteiger partial charge in [-0.15, -0.1) is 0 Å². The standard InChI is InChI=1S/C25H27N5O2/c26-15-25(31)12-10-18(11-13-25)30-14-21(22-23(27)28-16-29-24(22)30)17-6-8-20(9-7-17)32-19-4-2-1-3-5-19/h1-9,14,16,18,31H,10-13,15,26H2,(H2,27,28,29)/t18-,25+. The molecule has 1 saturated carbocycles. The van der Waals surface area contributed by atoms with Crippen LogP contribution in [0.1, 0.15) is 31.7 Å². The van der Waals surface area contributed by atoms with Gasteiger partial charge < -0.3 is 25.9 Å². The molecule has 7 heteroatoms. The summed E-state index contributed by atoms with van der Waals surface area (Å²) in [6.07, 6.45) is 6.65. The summed E-state index contributed by atoms with van der Waals surface area (Å²) in [5.41, 5.74) is 14.1. The van der Waals surface area contributed by atoms with Gasteiger partial charge in [0.1, 0.15) is 29.3 Å². The third-order valence-electron chi connectivity index (χ3n) is 6.44. The lowest BCUT2D eigenvalue weighted by Gasteiger charge is -2.35. The number of nitrogens with two attached hydrogens (primary N) is 2. The van der Waals surface area contributed by atoms with Gasteiger partial charge in [-0.3, -0.25) is 0 Å². The number of nitrogen functional groups attached to an aromatic ring is 1. The lowest BCUT2D eigenvalue weighted by molar-refractivity contribution is 0.00127. The van der Waals surface area contributed by atoms with E-state index in [1.807, 2.05) is 54.6 Å². The first kappa shape index (κ1) is 20.5. The molecule has 7 nitrogen and oxygen atoms in total. The first-order chi connectivity index (χ1) is 15.6.